The van der Waals surface area contributed by atoms with Crippen molar-refractivity contribution in [2.45, 2.75) is 0 Å². The Labute approximate surface area is 45.8 Å². The first-order valence-corrected chi connectivity index (χ1v) is 1.80. The fourth-order valence-electron chi connectivity index (χ4n) is 0.133. The smallest absolute Gasteiger partial charge is 0.352 e. The van der Waals surface area contributed by atoms with Crippen LogP contribution in [0.4, 0.5) is 0 Å². The first-order valence-electron chi connectivity index (χ1n) is 1.80. The zero-order chi connectivity index (χ0) is 6.41. The molecule has 1 N–H and O–H groups in total. The van der Waals surface area contributed by atoms with Crippen molar-refractivity contribution in [2.24, 2.45) is 5.10 Å². The van der Waals surface area contributed by atoms with Crippen LogP contribution in [0.25, 0.3) is 0 Å². The maximum absolute atomic E-state index is 9.46. The average molecular weight is 115 g/mol. The molecule has 0 radical (unpaired) electrons. The van der Waals surface area contributed by atoms with Gasteiger partial charge in [0.25, 0.3) is 0 Å². The summed E-state index contributed by atoms with van der Waals surface area (Å²) in [5, 5.41) is 12.6. The second-order valence-electron chi connectivity index (χ2n) is 0.863. The van der Waals surface area contributed by atoms with Gasteiger partial charge in [-0.25, -0.2) is 0 Å². The molecule has 0 saturated carbocycles. The number of hydrazone groups is 1. The molecule has 0 unspecified atom stereocenters. The van der Waals surface area contributed by atoms with E-state index in [1.807, 2.05) is 0 Å². The van der Waals surface area contributed by atoms with Gasteiger partial charge in [0.05, 0.1) is 0 Å². The largest absolute Gasteiger partial charge is 0.358 e. The van der Waals surface area contributed by atoms with E-state index in [2.05, 4.69) is 17.1 Å². The molecule has 0 aliphatic carbocycles. The molecule has 0 aromatic carbocycles. The SMILES string of the molecule is C=CN/N=C\[N+](=O)[O-]. The van der Waals surface area contributed by atoms with E-state index in [4.69, 9.17) is 0 Å². The van der Waals surface area contributed by atoms with Crippen LogP contribution in [0.5, 0.6) is 0 Å². The normalized spacial score (nSPS) is 9.00. The molecule has 0 heterocycles. The van der Waals surface area contributed by atoms with Gasteiger partial charge in [-0.3, -0.25) is 0 Å². The number of nitrogens with one attached hydrogen (secondary N) is 1. The number of nitrogens with zero attached hydrogens (tertiary/aromatic N) is 2. The topological polar surface area (TPSA) is 67.5 Å². The minimum atomic E-state index is -0.670. The van der Waals surface area contributed by atoms with E-state index < -0.39 is 4.92 Å². The van der Waals surface area contributed by atoms with Gasteiger partial charge in [0.15, 0.2) is 0 Å². The summed E-state index contributed by atoms with van der Waals surface area (Å²) in [5.41, 5.74) is 2.17. The molecule has 44 valence electrons. The molecule has 0 saturated heterocycles. The van der Waals surface area contributed by atoms with Crippen LogP contribution in [-0.4, -0.2) is 11.3 Å². The van der Waals surface area contributed by atoms with E-state index in [1.165, 1.54) is 6.20 Å². The highest BCUT2D eigenvalue weighted by molar-refractivity contribution is 5.42. The molecule has 0 spiro atoms. The van der Waals surface area contributed by atoms with Gasteiger partial charge in [0.1, 0.15) is 0 Å². The molecular weight excluding hydrogens is 110 g/mol. The van der Waals surface area contributed by atoms with Crippen LogP contribution in [0.1, 0.15) is 0 Å². The van der Waals surface area contributed by atoms with Crippen molar-refractivity contribution in [1.82, 2.24) is 5.43 Å². The van der Waals surface area contributed by atoms with Crippen molar-refractivity contribution in [3.05, 3.63) is 22.9 Å². The second-order valence-corrected chi connectivity index (χ2v) is 0.863. The molecule has 0 bridgehead atoms. The third-order valence-corrected chi connectivity index (χ3v) is 0.318. The summed E-state index contributed by atoms with van der Waals surface area (Å²) < 4.78 is 0. The Bertz CT molecular complexity index is 120. The van der Waals surface area contributed by atoms with Crippen molar-refractivity contribution < 1.29 is 4.92 Å². The summed E-state index contributed by atoms with van der Waals surface area (Å²) in [6.07, 6.45) is 1.78. The molecule has 0 aromatic rings. The van der Waals surface area contributed by atoms with Gasteiger partial charge in [-0.05, 0) is 4.92 Å². The molecule has 0 fully saturated rings. The van der Waals surface area contributed by atoms with Gasteiger partial charge in [-0.15, -0.1) is 0 Å². The van der Waals surface area contributed by atoms with Gasteiger partial charge in [-0.1, -0.05) is 6.58 Å². The first-order chi connectivity index (χ1) is 3.77. The minimum absolute atomic E-state index is 0.543. The zero-order valence-electron chi connectivity index (χ0n) is 4.07. The molecule has 0 aliphatic heterocycles. The van der Waals surface area contributed by atoms with Gasteiger partial charge in [0, 0.05) is 11.3 Å². The van der Waals surface area contributed by atoms with E-state index in [9.17, 15) is 10.1 Å². The standard InChI is InChI=1S/C3H5N3O2/c1-2-4-5-3-6(7)8/h2-4H,1H2/b5-3-. The van der Waals surface area contributed by atoms with E-state index >= 15 is 0 Å². The van der Waals surface area contributed by atoms with Crippen LogP contribution in [0.2, 0.25) is 0 Å². The number of rotatable bonds is 3. The fraction of sp³-hybridized carbons (Fsp3) is 0. The number of hydrogen-bond donors (Lipinski definition) is 1. The highest BCUT2D eigenvalue weighted by atomic mass is 16.6. The third-order valence-electron chi connectivity index (χ3n) is 0.318. The molecule has 0 amide bonds. The quantitative estimate of drug-likeness (QED) is 0.242. The summed E-state index contributed by atoms with van der Waals surface area (Å²) in [4.78, 5) is 8.79. The molecule has 0 aromatic heterocycles. The molecular formula is C3H5N3O2. The van der Waals surface area contributed by atoms with Crippen LogP contribution in [0.15, 0.2) is 17.9 Å². The van der Waals surface area contributed by atoms with Gasteiger partial charge in [0.2, 0.25) is 0 Å². The number of hydrogen-bond acceptors (Lipinski definition) is 4. The highest BCUT2D eigenvalue weighted by Crippen LogP contribution is 1.58. The second kappa shape index (κ2) is 3.79. The summed E-state index contributed by atoms with van der Waals surface area (Å²) in [6, 6.07) is 0. The van der Waals surface area contributed by atoms with Crippen molar-refractivity contribution in [1.29, 1.82) is 0 Å². The first kappa shape index (κ1) is 6.61. The van der Waals surface area contributed by atoms with E-state index in [-0.39, 0.29) is 0 Å². The van der Waals surface area contributed by atoms with E-state index in [0.29, 0.717) is 6.34 Å². The van der Waals surface area contributed by atoms with Crippen LogP contribution in [0.3, 0.4) is 0 Å². The number of nitro groups is 1. The lowest BCUT2D eigenvalue weighted by Gasteiger charge is -1.77. The fourth-order valence-corrected chi connectivity index (χ4v) is 0.133. The predicted molar refractivity (Wildman–Crippen MR) is 28.8 cm³/mol. The van der Waals surface area contributed by atoms with Gasteiger partial charge in [-0.2, -0.15) is 5.43 Å². The predicted octanol–water partition coefficient (Wildman–Crippen LogP) is -0.0605. The highest BCUT2D eigenvalue weighted by Gasteiger charge is 1.78. The molecule has 5 heteroatoms. The van der Waals surface area contributed by atoms with Crippen LogP contribution in [-0.2, 0) is 0 Å². The molecule has 0 rings (SSSR count). The van der Waals surface area contributed by atoms with Crippen molar-refractivity contribution in [2.75, 3.05) is 0 Å². The Hall–Kier alpha value is -1.39. The van der Waals surface area contributed by atoms with E-state index in [0.717, 1.165) is 0 Å². The van der Waals surface area contributed by atoms with Crippen LogP contribution in [0, 0.1) is 10.1 Å². The zero-order valence-corrected chi connectivity index (χ0v) is 4.07. The Morgan fingerprint density at radius 1 is 1.88 bits per heavy atom. The van der Waals surface area contributed by atoms with Crippen molar-refractivity contribution in [3.63, 3.8) is 0 Å². The molecule has 5 nitrogen and oxygen atoms in total. The summed E-state index contributed by atoms with van der Waals surface area (Å²) in [5.74, 6) is 0. The third kappa shape index (κ3) is 4.61. The Morgan fingerprint density at radius 2 is 2.50 bits per heavy atom. The Kier molecular flexibility index (Phi) is 3.13. The van der Waals surface area contributed by atoms with Crippen molar-refractivity contribution in [3.8, 4) is 0 Å². The lowest BCUT2D eigenvalue weighted by Crippen LogP contribution is -1.98. The molecule has 0 aliphatic rings. The lowest BCUT2D eigenvalue weighted by molar-refractivity contribution is -0.339. The molecule has 0 atom stereocenters. The summed E-state index contributed by atoms with van der Waals surface area (Å²) in [6.45, 7) is 3.21. The molecule has 8 heavy (non-hydrogen) atoms. The maximum atomic E-state index is 9.46. The van der Waals surface area contributed by atoms with Crippen LogP contribution >= 0.6 is 0 Å². The Balaban J connectivity index is 3.34. The monoisotopic (exact) mass is 115 g/mol. The van der Waals surface area contributed by atoms with Gasteiger partial charge >= 0.3 is 6.34 Å². The lowest BCUT2D eigenvalue weighted by atomic mass is 11.1. The minimum Gasteiger partial charge on any atom is -0.358 e. The maximum Gasteiger partial charge on any atom is 0.352 e. The van der Waals surface area contributed by atoms with Crippen LogP contribution < -0.4 is 5.43 Å². The van der Waals surface area contributed by atoms with E-state index in [1.54, 1.807) is 0 Å². The van der Waals surface area contributed by atoms with Crippen molar-refractivity contribution >= 4 is 6.34 Å². The van der Waals surface area contributed by atoms with Gasteiger partial charge < -0.3 is 10.1 Å². The summed E-state index contributed by atoms with van der Waals surface area (Å²) in [7, 11) is 0. The Morgan fingerprint density at radius 3 is 2.88 bits per heavy atom. The average Bonchev–Trinajstić information content (AvgIpc) is 1.66. The summed E-state index contributed by atoms with van der Waals surface area (Å²) >= 11 is 0.